The third kappa shape index (κ3) is 4.01. The lowest BCUT2D eigenvalue weighted by molar-refractivity contribution is -0.138. The van der Waals surface area contributed by atoms with Gasteiger partial charge < -0.3 is 0 Å². The molecule has 0 aliphatic rings. The third-order valence-electron chi connectivity index (χ3n) is 3.32. The molecule has 0 fully saturated rings. The van der Waals surface area contributed by atoms with E-state index in [1.165, 1.54) is 6.07 Å². The van der Waals surface area contributed by atoms with E-state index in [4.69, 9.17) is 11.6 Å². The lowest BCUT2D eigenvalue weighted by Crippen LogP contribution is -2.08. The molecule has 1 unspecified atom stereocenters. The Hall–Kier alpha value is -1.00. The van der Waals surface area contributed by atoms with E-state index in [1.807, 2.05) is 31.2 Å². The van der Waals surface area contributed by atoms with Gasteiger partial charge in [0.15, 0.2) is 0 Å². The van der Waals surface area contributed by atoms with Gasteiger partial charge in [-0.25, -0.2) is 0 Å². The van der Waals surface area contributed by atoms with Gasteiger partial charge >= 0.3 is 6.18 Å². The van der Waals surface area contributed by atoms with E-state index in [0.29, 0.717) is 12.0 Å². The standard InChI is InChI=1S/C16H13BrClF3/c1-10-4-2-3-5-11(10)9-15(18)12-6-7-14(17)13(8-12)16(19,20)21/h2-8,15H,9H2,1H3. The molecule has 2 aromatic rings. The predicted molar refractivity (Wildman–Crippen MR) is 82.6 cm³/mol. The van der Waals surface area contributed by atoms with E-state index in [-0.39, 0.29) is 4.47 Å². The number of benzene rings is 2. The Morgan fingerprint density at radius 2 is 1.81 bits per heavy atom. The lowest BCUT2D eigenvalue weighted by atomic mass is 9.99. The molecule has 0 aliphatic heterocycles. The van der Waals surface area contributed by atoms with Crippen LogP contribution in [0.25, 0.3) is 0 Å². The van der Waals surface area contributed by atoms with Gasteiger partial charge in [0.25, 0.3) is 0 Å². The molecule has 0 bridgehead atoms. The Bertz CT molecular complexity index is 638. The molecule has 0 radical (unpaired) electrons. The quantitative estimate of drug-likeness (QED) is 0.551. The Morgan fingerprint density at radius 1 is 1.14 bits per heavy atom. The lowest BCUT2D eigenvalue weighted by Gasteiger charge is -2.15. The topological polar surface area (TPSA) is 0 Å². The van der Waals surface area contributed by atoms with Crippen LogP contribution in [0.4, 0.5) is 13.2 Å². The highest BCUT2D eigenvalue weighted by molar-refractivity contribution is 9.10. The van der Waals surface area contributed by atoms with E-state index in [9.17, 15) is 13.2 Å². The van der Waals surface area contributed by atoms with Crippen LogP contribution < -0.4 is 0 Å². The maximum Gasteiger partial charge on any atom is 0.417 e. The average Bonchev–Trinajstić information content (AvgIpc) is 2.40. The van der Waals surface area contributed by atoms with Crippen molar-refractivity contribution in [1.29, 1.82) is 0 Å². The minimum Gasteiger partial charge on any atom is -0.166 e. The van der Waals surface area contributed by atoms with E-state index >= 15 is 0 Å². The van der Waals surface area contributed by atoms with Crippen molar-refractivity contribution in [2.24, 2.45) is 0 Å². The van der Waals surface area contributed by atoms with Crippen LogP contribution in [0.3, 0.4) is 0 Å². The summed E-state index contributed by atoms with van der Waals surface area (Å²) in [5.41, 5.74) is 1.89. The molecular formula is C16H13BrClF3. The Balaban J connectivity index is 2.28. The monoisotopic (exact) mass is 376 g/mol. The first-order valence-corrected chi connectivity index (χ1v) is 7.57. The van der Waals surface area contributed by atoms with Crippen LogP contribution in [0.5, 0.6) is 0 Å². The van der Waals surface area contributed by atoms with Crippen LogP contribution >= 0.6 is 27.5 Å². The molecule has 2 aromatic carbocycles. The van der Waals surface area contributed by atoms with Gasteiger partial charge in [0.2, 0.25) is 0 Å². The van der Waals surface area contributed by atoms with Crippen LogP contribution in [-0.2, 0) is 12.6 Å². The highest BCUT2D eigenvalue weighted by Gasteiger charge is 2.33. The summed E-state index contributed by atoms with van der Waals surface area (Å²) in [5.74, 6) is 0. The summed E-state index contributed by atoms with van der Waals surface area (Å²) in [6.45, 7) is 1.96. The van der Waals surface area contributed by atoms with Gasteiger partial charge in [-0.1, -0.05) is 46.3 Å². The summed E-state index contributed by atoms with van der Waals surface area (Å²) in [6, 6.07) is 11.8. The van der Waals surface area contributed by atoms with Crippen LogP contribution in [0, 0.1) is 6.92 Å². The Kier molecular flexibility index (Phi) is 4.99. The summed E-state index contributed by atoms with van der Waals surface area (Å²) < 4.78 is 38.8. The molecule has 112 valence electrons. The molecular weight excluding hydrogens is 365 g/mol. The first-order valence-electron chi connectivity index (χ1n) is 6.34. The smallest absolute Gasteiger partial charge is 0.166 e. The van der Waals surface area contributed by atoms with Gasteiger partial charge in [-0.05, 0) is 42.2 Å². The molecule has 2 rings (SSSR count). The maximum atomic E-state index is 12.9. The third-order valence-corrected chi connectivity index (χ3v) is 4.42. The van der Waals surface area contributed by atoms with Crippen molar-refractivity contribution in [2.75, 3.05) is 0 Å². The van der Waals surface area contributed by atoms with Crippen molar-refractivity contribution in [3.63, 3.8) is 0 Å². The molecule has 0 saturated heterocycles. The zero-order chi connectivity index (χ0) is 15.6. The number of alkyl halides is 4. The SMILES string of the molecule is Cc1ccccc1CC(Cl)c1ccc(Br)c(C(F)(F)F)c1. The van der Waals surface area contributed by atoms with Crippen molar-refractivity contribution in [3.8, 4) is 0 Å². The first kappa shape index (κ1) is 16.4. The average molecular weight is 378 g/mol. The predicted octanol–water partition coefficient (Wildman–Crippen LogP) is 6.30. The molecule has 0 amide bonds. The van der Waals surface area contributed by atoms with Gasteiger partial charge in [0.05, 0.1) is 10.9 Å². The molecule has 0 spiro atoms. The summed E-state index contributed by atoms with van der Waals surface area (Å²) >= 11 is 9.24. The molecule has 0 N–H and O–H groups in total. The number of hydrogen-bond donors (Lipinski definition) is 0. The molecule has 0 aliphatic carbocycles. The second-order valence-electron chi connectivity index (χ2n) is 4.84. The zero-order valence-corrected chi connectivity index (χ0v) is 13.6. The van der Waals surface area contributed by atoms with Crippen molar-refractivity contribution < 1.29 is 13.2 Å². The summed E-state index contributed by atoms with van der Waals surface area (Å²) in [6.07, 6.45) is -3.90. The zero-order valence-electron chi connectivity index (χ0n) is 11.2. The van der Waals surface area contributed by atoms with Crippen LogP contribution in [0.2, 0.25) is 0 Å². The number of aryl methyl sites for hydroxylation is 1. The molecule has 1 atom stereocenters. The first-order chi connectivity index (χ1) is 9.79. The minimum atomic E-state index is -4.39. The van der Waals surface area contributed by atoms with Crippen molar-refractivity contribution in [2.45, 2.75) is 24.9 Å². The molecule has 0 saturated carbocycles. The van der Waals surface area contributed by atoms with Gasteiger partial charge in [0, 0.05) is 4.47 Å². The van der Waals surface area contributed by atoms with Crippen molar-refractivity contribution in [3.05, 3.63) is 69.2 Å². The van der Waals surface area contributed by atoms with Gasteiger partial charge in [0.1, 0.15) is 0 Å². The Morgan fingerprint density at radius 3 is 2.43 bits per heavy atom. The molecule has 5 heteroatoms. The molecule has 0 aromatic heterocycles. The van der Waals surface area contributed by atoms with Gasteiger partial charge in [-0.3, -0.25) is 0 Å². The van der Waals surface area contributed by atoms with Crippen molar-refractivity contribution in [1.82, 2.24) is 0 Å². The van der Waals surface area contributed by atoms with E-state index < -0.39 is 17.1 Å². The van der Waals surface area contributed by atoms with Crippen LogP contribution in [-0.4, -0.2) is 0 Å². The van der Waals surface area contributed by atoms with Crippen molar-refractivity contribution >= 4 is 27.5 Å². The van der Waals surface area contributed by atoms with E-state index in [1.54, 1.807) is 6.07 Å². The van der Waals surface area contributed by atoms with Gasteiger partial charge in [-0.15, -0.1) is 11.6 Å². The van der Waals surface area contributed by atoms with Crippen LogP contribution in [0.15, 0.2) is 46.9 Å². The summed E-state index contributed by atoms with van der Waals surface area (Å²) in [5, 5.41) is -0.500. The molecule has 21 heavy (non-hydrogen) atoms. The highest BCUT2D eigenvalue weighted by atomic mass is 79.9. The van der Waals surface area contributed by atoms with Crippen LogP contribution in [0.1, 0.15) is 27.6 Å². The number of hydrogen-bond acceptors (Lipinski definition) is 0. The number of halogens is 5. The Labute approximate surface area is 135 Å². The molecule has 0 nitrogen and oxygen atoms in total. The minimum absolute atomic E-state index is 0.0264. The second kappa shape index (κ2) is 6.41. The largest absolute Gasteiger partial charge is 0.417 e. The summed E-state index contributed by atoms with van der Waals surface area (Å²) in [7, 11) is 0. The summed E-state index contributed by atoms with van der Waals surface area (Å²) in [4.78, 5) is 0. The van der Waals surface area contributed by atoms with E-state index in [0.717, 1.165) is 17.2 Å². The second-order valence-corrected chi connectivity index (χ2v) is 6.22. The maximum absolute atomic E-state index is 12.9. The van der Waals surface area contributed by atoms with E-state index in [2.05, 4.69) is 15.9 Å². The fraction of sp³-hybridized carbons (Fsp3) is 0.250. The fourth-order valence-corrected chi connectivity index (χ4v) is 2.88. The normalized spacial score (nSPS) is 13.2. The molecule has 0 heterocycles. The fourth-order valence-electron chi connectivity index (χ4n) is 2.11. The highest BCUT2D eigenvalue weighted by Crippen LogP contribution is 2.37. The van der Waals surface area contributed by atoms with Gasteiger partial charge in [-0.2, -0.15) is 13.2 Å². The number of rotatable bonds is 3.